The van der Waals surface area contributed by atoms with E-state index in [2.05, 4.69) is 19.2 Å². The molecule has 1 aliphatic heterocycles. The molecule has 0 radical (unpaired) electrons. The molecule has 18 heavy (non-hydrogen) atoms. The summed E-state index contributed by atoms with van der Waals surface area (Å²) in [5, 5.41) is 3.86. The fourth-order valence-electron chi connectivity index (χ4n) is 2.16. The first kappa shape index (κ1) is 13.1. The quantitative estimate of drug-likeness (QED) is 0.767. The van der Waals surface area contributed by atoms with Crippen LogP contribution in [0.15, 0.2) is 24.3 Å². The van der Waals surface area contributed by atoms with E-state index in [1.54, 1.807) is 12.1 Å². The predicted molar refractivity (Wildman–Crippen MR) is 78.0 cm³/mol. The van der Waals surface area contributed by atoms with Crippen molar-refractivity contribution in [3.8, 4) is 0 Å². The Morgan fingerprint density at radius 3 is 2.67 bits per heavy atom. The molecule has 0 aromatic heterocycles. The van der Waals surface area contributed by atoms with Crippen molar-refractivity contribution < 1.29 is 4.79 Å². The summed E-state index contributed by atoms with van der Waals surface area (Å²) < 4.78 is 0. The molecular weight excluding hydrogens is 246 g/mol. The van der Waals surface area contributed by atoms with E-state index in [0.717, 1.165) is 18.8 Å². The number of nitrogens with zero attached hydrogens (tertiary/aromatic N) is 1. The lowest BCUT2D eigenvalue weighted by atomic mass is 10.3. The van der Waals surface area contributed by atoms with Crippen LogP contribution in [0.4, 0.5) is 16.2 Å². The molecule has 1 saturated heterocycles. The summed E-state index contributed by atoms with van der Waals surface area (Å²) in [4.78, 5) is 14.0. The number of urea groups is 1. The minimum absolute atomic E-state index is 0.0420. The van der Waals surface area contributed by atoms with Crippen LogP contribution in [-0.4, -0.2) is 34.5 Å². The Bertz CT molecular complexity index is 428. The zero-order valence-corrected chi connectivity index (χ0v) is 11.5. The molecule has 3 N–H and O–H groups in total. The molecule has 2 rings (SSSR count). The van der Waals surface area contributed by atoms with Crippen molar-refractivity contribution in [3.63, 3.8) is 0 Å². The highest BCUT2D eigenvalue weighted by atomic mass is 32.2. The van der Waals surface area contributed by atoms with Gasteiger partial charge >= 0.3 is 6.03 Å². The molecule has 1 aromatic rings. The van der Waals surface area contributed by atoms with E-state index in [4.69, 9.17) is 5.73 Å². The number of hydrogen-bond acceptors (Lipinski definition) is 3. The van der Waals surface area contributed by atoms with Crippen LogP contribution < -0.4 is 11.1 Å². The van der Waals surface area contributed by atoms with Crippen LogP contribution in [0.2, 0.25) is 0 Å². The molecule has 1 fully saturated rings. The van der Waals surface area contributed by atoms with Gasteiger partial charge in [0.1, 0.15) is 0 Å². The van der Waals surface area contributed by atoms with E-state index in [9.17, 15) is 4.79 Å². The molecule has 0 saturated carbocycles. The van der Waals surface area contributed by atoms with E-state index in [1.165, 1.54) is 0 Å². The van der Waals surface area contributed by atoms with Gasteiger partial charge in [0.15, 0.2) is 0 Å². The molecule has 2 amide bonds. The smallest absolute Gasteiger partial charge is 0.321 e. The van der Waals surface area contributed by atoms with E-state index in [-0.39, 0.29) is 6.03 Å². The minimum Gasteiger partial charge on any atom is -0.399 e. The van der Waals surface area contributed by atoms with Crippen LogP contribution in [0.1, 0.15) is 13.8 Å². The maximum absolute atomic E-state index is 12.1. The second kappa shape index (κ2) is 5.52. The molecule has 2 unspecified atom stereocenters. The molecule has 1 aromatic carbocycles. The Kier molecular flexibility index (Phi) is 4.01. The van der Waals surface area contributed by atoms with Gasteiger partial charge in [-0.1, -0.05) is 19.9 Å². The van der Waals surface area contributed by atoms with Crippen LogP contribution in [0.3, 0.4) is 0 Å². The Morgan fingerprint density at radius 1 is 1.39 bits per heavy atom. The van der Waals surface area contributed by atoms with Crippen molar-refractivity contribution in [1.29, 1.82) is 0 Å². The maximum atomic E-state index is 12.1. The van der Waals surface area contributed by atoms with Crippen LogP contribution in [-0.2, 0) is 0 Å². The van der Waals surface area contributed by atoms with Crippen LogP contribution in [0, 0.1) is 0 Å². The van der Waals surface area contributed by atoms with Gasteiger partial charge in [-0.25, -0.2) is 4.79 Å². The van der Waals surface area contributed by atoms with E-state index < -0.39 is 0 Å². The molecule has 5 heteroatoms. The highest BCUT2D eigenvalue weighted by molar-refractivity contribution is 8.00. The molecule has 2 atom stereocenters. The lowest BCUT2D eigenvalue weighted by Gasteiger charge is -2.34. The monoisotopic (exact) mass is 265 g/mol. The summed E-state index contributed by atoms with van der Waals surface area (Å²) in [6, 6.07) is 7.21. The number of benzene rings is 1. The number of nitrogens with one attached hydrogen (secondary N) is 1. The number of thioether (sulfide) groups is 1. The first-order chi connectivity index (χ1) is 8.54. The first-order valence-corrected chi connectivity index (χ1v) is 7.06. The lowest BCUT2D eigenvalue weighted by Crippen LogP contribution is -2.46. The number of anilines is 2. The SMILES string of the molecule is CC1CN(C(=O)Nc2cccc(N)c2)CC(C)S1. The average Bonchev–Trinajstić information content (AvgIpc) is 2.27. The molecule has 98 valence electrons. The van der Waals surface area contributed by atoms with Gasteiger partial charge in [-0.15, -0.1) is 0 Å². The third kappa shape index (κ3) is 3.32. The number of rotatable bonds is 1. The number of amides is 2. The first-order valence-electron chi connectivity index (χ1n) is 6.11. The van der Waals surface area contributed by atoms with Gasteiger partial charge in [-0.2, -0.15) is 11.8 Å². The largest absolute Gasteiger partial charge is 0.399 e. The maximum Gasteiger partial charge on any atom is 0.321 e. The topological polar surface area (TPSA) is 58.4 Å². The number of hydrogen-bond donors (Lipinski definition) is 2. The Balaban J connectivity index is 1.99. The summed E-state index contributed by atoms with van der Waals surface area (Å²) in [6.45, 7) is 5.90. The third-order valence-electron chi connectivity index (χ3n) is 2.84. The Labute approximate surface area is 112 Å². The van der Waals surface area contributed by atoms with Crippen molar-refractivity contribution in [2.24, 2.45) is 0 Å². The van der Waals surface area contributed by atoms with Crippen LogP contribution in [0.5, 0.6) is 0 Å². The fourth-order valence-corrected chi connectivity index (χ4v) is 3.49. The normalized spacial score (nSPS) is 23.8. The van der Waals surface area contributed by atoms with Crippen molar-refractivity contribution in [3.05, 3.63) is 24.3 Å². The van der Waals surface area contributed by atoms with Crippen LogP contribution in [0.25, 0.3) is 0 Å². The summed E-state index contributed by atoms with van der Waals surface area (Å²) in [5.74, 6) is 0. The number of nitrogen functional groups attached to an aromatic ring is 1. The van der Waals surface area contributed by atoms with Gasteiger partial charge in [0.2, 0.25) is 0 Å². The van der Waals surface area contributed by atoms with Crippen molar-refractivity contribution in [2.45, 2.75) is 24.3 Å². The molecule has 1 heterocycles. The van der Waals surface area contributed by atoms with Gasteiger partial charge in [0, 0.05) is 35.0 Å². The Hall–Kier alpha value is -1.36. The molecule has 4 nitrogen and oxygen atoms in total. The molecule has 0 bridgehead atoms. The van der Waals surface area contributed by atoms with Gasteiger partial charge < -0.3 is 16.0 Å². The summed E-state index contributed by atoms with van der Waals surface area (Å²) in [6.07, 6.45) is 0. The molecular formula is C13H19N3OS. The second-order valence-electron chi connectivity index (χ2n) is 4.72. The van der Waals surface area contributed by atoms with Gasteiger partial charge in [0.05, 0.1) is 0 Å². The van der Waals surface area contributed by atoms with Gasteiger partial charge in [-0.3, -0.25) is 0 Å². The zero-order chi connectivity index (χ0) is 13.1. The Morgan fingerprint density at radius 2 is 2.06 bits per heavy atom. The third-order valence-corrected chi connectivity index (χ3v) is 4.07. The molecule has 0 aliphatic carbocycles. The summed E-state index contributed by atoms with van der Waals surface area (Å²) in [7, 11) is 0. The van der Waals surface area contributed by atoms with Gasteiger partial charge in [0.25, 0.3) is 0 Å². The average molecular weight is 265 g/mol. The molecule has 0 spiro atoms. The van der Waals surface area contributed by atoms with Crippen molar-refractivity contribution >= 4 is 29.2 Å². The number of carbonyl (C=O) groups excluding carboxylic acids is 1. The van der Waals surface area contributed by atoms with Crippen molar-refractivity contribution in [1.82, 2.24) is 4.90 Å². The molecule has 1 aliphatic rings. The van der Waals surface area contributed by atoms with Crippen molar-refractivity contribution in [2.75, 3.05) is 24.1 Å². The predicted octanol–water partition coefficient (Wildman–Crippen LogP) is 2.63. The standard InChI is InChI=1S/C13H19N3OS/c1-9-7-16(8-10(2)18-9)13(17)15-12-5-3-4-11(14)6-12/h3-6,9-10H,7-8,14H2,1-2H3,(H,15,17). The summed E-state index contributed by atoms with van der Waals surface area (Å²) in [5.41, 5.74) is 7.09. The number of carbonyl (C=O) groups is 1. The highest BCUT2D eigenvalue weighted by Gasteiger charge is 2.25. The van der Waals surface area contributed by atoms with E-state index >= 15 is 0 Å². The van der Waals surface area contributed by atoms with E-state index in [0.29, 0.717) is 16.2 Å². The second-order valence-corrected chi connectivity index (χ2v) is 6.60. The summed E-state index contributed by atoms with van der Waals surface area (Å²) >= 11 is 1.93. The van der Waals surface area contributed by atoms with Gasteiger partial charge in [-0.05, 0) is 18.2 Å². The minimum atomic E-state index is -0.0420. The van der Waals surface area contributed by atoms with Crippen LogP contribution >= 0.6 is 11.8 Å². The zero-order valence-electron chi connectivity index (χ0n) is 10.7. The van der Waals surface area contributed by atoms with E-state index in [1.807, 2.05) is 28.8 Å². The fraction of sp³-hybridized carbons (Fsp3) is 0.462. The lowest BCUT2D eigenvalue weighted by molar-refractivity contribution is 0.211. The highest BCUT2D eigenvalue weighted by Crippen LogP contribution is 2.25. The number of nitrogens with two attached hydrogens (primary N) is 1.